The Kier molecular flexibility index (Phi) is 7.54. The van der Waals surface area contributed by atoms with E-state index in [1.807, 2.05) is 6.92 Å². The first-order valence-electron chi connectivity index (χ1n) is 7.73. The second-order valence-corrected chi connectivity index (χ2v) is 5.20. The molecule has 0 saturated heterocycles. The Labute approximate surface area is 139 Å². The molecule has 1 rings (SSSR count). The van der Waals surface area contributed by atoms with E-state index in [2.05, 4.69) is 17.1 Å². The zero-order valence-corrected chi connectivity index (χ0v) is 13.7. The molecule has 0 heterocycles. The molecular weight excluding hydrogens is 323 g/mol. The van der Waals surface area contributed by atoms with Crippen molar-refractivity contribution in [3.63, 3.8) is 0 Å². The van der Waals surface area contributed by atoms with Crippen molar-refractivity contribution in [1.29, 1.82) is 0 Å². The summed E-state index contributed by atoms with van der Waals surface area (Å²) < 4.78 is 35.9. The number of benzene rings is 1. The van der Waals surface area contributed by atoms with Crippen molar-refractivity contribution in [1.82, 2.24) is 10.6 Å². The predicted octanol–water partition coefficient (Wildman–Crippen LogP) is 2.33. The van der Waals surface area contributed by atoms with Crippen molar-refractivity contribution in [3.8, 4) is 0 Å². The summed E-state index contributed by atoms with van der Waals surface area (Å²) in [7, 11) is 0. The molecule has 0 unspecified atom stereocenters. The van der Waals surface area contributed by atoms with E-state index in [-0.39, 0.29) is 0 Å². The molecule has 2 N–H and O–H groups in total. The minimum absolute atomic E-state index is 0.343. The van der Waals surface area contributed by atoms with Crippen LogP contribution < -0.4 is 15.5 Å². The van der Waals surface area contributed by atoms with Crippen molar-refractivity contribution in [2.45, 2.75) is 26.4 Å². The van der Waals surface area contributed by atoms with Gasteiger partial charge in [0.15, 0.2) is 0 Å². The van der Waals surface area contributed by atoms with Gasteiger partial charge in [0.05, 0.1) is 6.54 Å². The van der Waals surface area contributed by atoms with E-state index < -0.39 is 31.1 Å². The fourth-order valence-electron chi connectivity index (χ4n) is 2.09. The lowest BCUT2D eigenvalue weighted by atomic mass is 10.1. The molecule has 0 aliphatic heterocycles. The van der Waals surface area contributed by atoms with Crippen LogP contribution in [0.2, 0.25) is 0 Å². The first-order valence-corrected chi connectivity index (χ1v) is 7.73. The predicted molar refractivity (Wildman–Crippen MR) is 86.0 cm³/mol. The number of halogens is 3. The van der Waals surface area contributed by atoms with E-state index in [0.717, 1.165) is 25.2 Å². The summed E-state index contributed by atoms with van der Waals surface area (Å²) in [6.45, 7) is 3.94. The van der Waals surface area contributed by atoms with Gasteiger partial charge >= 0.3 is 6.18 Å². The van der Waals surface area contributed by atoms with Gasteiger partial charge < -0.3 is 15.5 Å². The number of anilines is 1. The minimum Gasteiger partial charge on any atom is -0.372 e. The Morgan fingerprint density at radius 1 is 1.08 bits per heavy atom. The molecule has 0 aliphatic carbocycles. The molecule has 24 heavy (non-hydrogen) atoms. The van der Waals surface area contributed by atoms with E-state index >= 15 is 0 Å². The standard InChI is InChI=1S/C16H22F3N3O2/c1-3-9-22(4-2)13-7-5-12(6-8-13)15(24)20-10-14(23)21-11-16(17,18)19/h5-8H,3-4,9-11H2,1-2H3,(H,20,24)(H,21,23). The molecule has 134 valence electrons. The van der Waals surface area contributed by atoms with Crippen LogP contribution in [-0.4, -0.2) is 44.2 Å². The largest absolute Gasteiger partial charge is 0.405 e. The molecule has 0 aromatic heterocycles. The summed E-state index contributed by atoms with van der Waals surface area (Å²) in [6, 6.07) is 6.85. The molecular formula is C16H22F3N3O2. The first-order chi connectivity index (χ1) is 11.3. The molecule has 0 spiro atoms. The molecule has 8 heteroatoms. The smallest absolute Gasteiger partial charge is 0.372 e. The van der Waals surface area contributed by atoms with Crippen LogP contribution in [0.3, 0.4) is 0 Å². The number of alkyl halides is 3. The van der Waals surface area contributed by atoms with Crippen LogP contribution in [0.25, 0.3) is 0 Å². The summed E-state index contributed by atoms with van der Waals surface area (Å²) in [5.74, 6) is -1.40. The lowest BCUT2D eigenvalue weighted by molar-refractivity contribution is -0.137. The Hall–Kier alpha value is -2.25. The number of carbonyl (C=O) groups is 2. The zero-order chi connectivity index (χ0) is 18.2. The van der Waals surface area contributed by atoms with Crippen molar-refractivity contribution in [3.05, 3.63) is 29.8 Å². The molecule has 2 amide bonds. The lowest BCUT2D eigenvalue weighted by Crippen LogP contribution is -2.40. The van der Waals surface area contributed by atoms with Gasteiger partial charge in [-0.05, 0) is 37.6 Å². The third-order valence-electron chi connectivity index (χ3n) is 3.27. The van der Waals surface area contributed by atoms with Crippen LogP contribution in [0.15, 0.2) is 24.3 Å². The summed E-state index contributed by atoms with van der Waals surface area (Å²) in [5.41, 5.74) is 1.33. The highest BCUT2D eigenvalue weighted by Crippen LogP contribution is 2.15. The van der Waals surface area contributed by atoms with Crippen molar-refractivity contribution >= 4 is 17.5 Å². The summed E-state index contributed by atoms with van der Waals surface area (Å²) in [5, 5.41) is 3.98. The maximum atomic E-state index is 12.0. The van der Waals surface area contributed by atoms with Crippen LogP contribution in [0.5, 0.6) is 0 Å². The van der Waals surface area contributed by atoms with Gasteiger partial charge in [-0.1, -0.05) is 6.92 Å². The monoisotopic (exact) mass is 345 g/mol. The topological polar surface area (TPSA) is 61.4 Å². The zero-order valence-electron chi connectivity index (χ0n) is 13.7. The first kappa shape index (κ1) is 19.8. The fourth-order valence-corrected chi connectivity index (χ4v) is 2.09. The quantitative estimate of drug-likeness (QED) is 0.760. The summed E-state index contributed by atoms with van der Waals surface area (Å²) >= 11 is 0. The van der Waals surface area contributed by atoms with Gasteiger partial charge in [0.2, 0.25) is 5.91 Å². The Balaban J connectivity index is 2.52. The Morgan fingerprint density at radius 2 is 1.71 bits per heavy atom. The summed E-state index contributed by atoms with van der Waals surface area (Å²) in [4.78, 5) is 25.3. The van der Waals surface area contributed by atoms with E-state index in [1.54, 1.807) is 29.6 Å². The van der Waals surface area contributed by atoms with Gasteiger partial charge in [0.1, 0.15) is 6.54 Å². The van der Waals surface area contributed by atoms with Crippen molar-refractivity contribution in [2.24, 2.45) is 0 Å². The number of nitrogens with zero attached hydrogens (tertiary/aromatic N) is 1. The van der Waals surface area contributed by atoms with E-state index in [4.69, 9.17) is 0 Å². The van der Waals surface area contributed by atoms with Gasteiger partial charge in [-0.3, -0.25) is 9.59 Å². The SMILES string of the molecule is CCCN(CC)c1ccc(C(=O)NCC(=O)NCC(F)(F)F)cc1. The van der Waals surface area contributed by atoms with E-state index in [0.29, 0.717) is 5.56 Å². The number of hydrogen-bond acceptors (Lipinski definition) is 3. The maximum absolute atomic E-state index is 12.0. The van der Waals surface area contributed by atoms with Crippen LogP contribution in [0.4, 0.5) is 18.9 Å². The van der Waals surface area contributed by atoms with Crippen LogP contribution in [-0.2, 0) is 4.79 Å². The van der Waals surface area contributed by atoms with Crippen LogP contribution in [0.1, 0.15) is 30.6 Å². The number of carbonyl (C=O) groups excluding carboxylic acids is 2. The van der Waals surface area contributed by atoms with Gasteiger partial charge in [-0.15, -0.1) is 0 Å². The highest BCUT2D eigenvalue weighted by molar-refractivity contribution is 5.96. The summed E-state index contributed by atoms with van der Waals surface area (Å²) in [6.07, 6.45) is -3.47. The maximum Gasteiger partial charge on any atom is 0.405 e. The molecule has 0 aliphatic rings. The van der Waals surface area contributed by atoms with Gasteiger partial charge in [-0.2, -0.15) is 13.2 Å². The van der Waals surface area contributed by atoms with Gasteiger partial charge in [0, 0.05) is 24.3 Å². The molecule has 0 bridgehead atoms. The van der Waals surface area contributed by atoms with Crippen molar-refractivity contribution < 1.29 is 22.8 Å². The van der Waals surface area contributed by atoms with Gasteiger partial charge in [-0.25, -0.2) is 0 Å². The minimum atomic E-state index is -4.47. The molecule has 1 aromatic rings. The molecule has 0 fully saturated rings. The number of rotatable bonds is 8. The number of nitrogens with one attached hydrogen (secondary N) is 2. The number of hydrogen-bond donors (Lipinski definition) is 2. The average Bonchev–Trinajstić information content (AvgIpc) is 2.55. The van der Waals surface area contributed by atoms with Crippen LogP contribution >= 0.6 is 0 Å². The highest BCUT2D eigenvalue weighted by atomic mass is 19.4. The lowest BCUT2D eigenvalue weighted by Gasteiger charge is -2.22. The Morgan fingerprint density at radius 3 is 2.21 bits per heavy atom. The third-order valence-corrected chi connectivity index (χ3v) is 3.27. The number of amides is 2. The Bertz CT molecular complexity index is 544. The fraction of sp³-hybridized carbons (Fsp3) is 0.500. The molecule has 0 radical (unpaired) electrons. The molecule has 0 saturated carbocycles. The second kappa shape index (κ2) is 9.14. The van der Waals surface area contributed by atoms with E-state index in [9.17, 15) is 22.8 Å². The third kappa shape index (κ3) is 6.89. The van der Waals surface area contributed by atoms with Gasteiger partial charge in [0.25, 0.3) is 5.91 Å². The molecule has 1 aromatic carbocycles. The second-order valence-electron chi connectivity index (χ2n) is 5.20. The van der Waals surface area contributed by atoms with E-state index in [1.165, 1.54) is 0 Å². The van der Waals surface area contributed by atoms with Crippen LogP contribution in [0, 0.1) is 0 Å². The van der Waals surface area contributed by atoms with Crippen molar-refractivity contribution in [2.75, 3.05) is 31.1 Å². The normalized spacial score (nSPS) is 11.0. The highest BCUT2D eigenvalue weighted by Gasteiger charge is 2.27. The average molecular weight is 345 g/mol. The molecule has 5 nitrogen and oxygen atoms in total. The molecule has 0 atom stereocenters.